The molecule has 2 rings (SSSR count). The van der Waals surface area contributed by atoms with Gasteiger partial charge >= 0.3 is 0 Å². The number of nitrogens with one attached hydrogen (secondary N) is 1. The predicted molar refractivity (Wildman–Crippen MR) is 57.7 cm³/mol. The van der Waals surface area contributed by atoms with Gasteiger partial charge in [-0.1, -0.05) is 6.58 Å². The predicted octanol–water partition coefficient (Wildman–Crippen LogP) is 1.01. The minimum absolute atomic E-state index is 0.0466. The largest absolute Gasteiger partial charge is 0.373 e. The molecule has 15 heavy (non-hydrogen) atoms. The molecule has 1 aliphatic carbocycles. The molecule has 0 spiro atoms. The van der Waals surface area contributed by atoms with E-state index in [1.54, 1.807) is 0 Å². The van der Waals surface area contributed by atoms with Crippen LogP contribution in [0.3, 0.4) is 0 Å². The average molecular weight is 231 g/mol. The molecule has 0 bridgehead atoms. The van der Waals surface area contributed by atoms with Gasteiger partial charge in [-0.05, 0) is 31.6 Å². The van der Waals surface area contributed by atoms with Gasteiger partial charge in [-0.25, -0.2) is 13.1 Å². The summed E-state index contributed by atoms with van der Waals surface area (Å²) < 4.78 is 30.4. The lowest BCUT2D eigenvalue weighted by Crippen LogP contribution is -2.31. The Morgan fingerprint density at radius 3 is 2.67 bits per heavy atom. The highest BCUT2D eigenvalue weighted by molar-refractivity contribution is 7.92. The summed E-state index contributed by atoms with van der Waals surface area (Å²) in [4.78, 5) is 0. The van der Waals surface area contributed by atoms with Gasteiger partial charge in [0.15, 0.2) is 0 Å². The second-order valence-electron chi connectivity index (χ2n) is 4.27. The summed E-state index contributed by atoms with van der Waals surface area (Å²) in [5.74, 6) is 0.742. The van der Waals surface area contributed by atoms with Gasteiger partial charge in [0.05, 0.1) is 12.2 Å². The maximum Gasteiger partial charge on any atom is 0.233 e. The molecule has 0 aromatic heterocycles. The molecule has 1 N–H and O–H groups in total. The Balaban J connectivity index is 1.74. The van der Waals surface area contributed by atoms with Gasteiger partial charge in [-0.2, -0.15) is 0 Å². The number of rotatable bonds is 5. The molecule has 1 saturated carbocycles. The van der Waals surface area contributed by atoms with Crippen molar-refractivity contribution in [3.8, 4) is 0 Å². The van der Waals surface area contributed by atoms with E-state index in [1.807, 2.05) is 0 Å². The first kappa shape index (κ1) is 11.1. The average Bonchev–Trinajstić information content (AvgIpc) is 2.96. The summed E-state index contributed by atoms with van der Waals surface area (Å²) >= 11 is 0. The van der Waals surface area contributed by atoms with Crippen LogP contribution in [0.15, 0.2) is 12.0 Å². The molecule has 0 radical (unpaired) electrons. The summed E-state index contributed by atoms with van der Waals surface area (Å²) in [6.07, 6.45) is 5.01. The fourth-order valence-electron chi connectivity index (χ4n) is 1.97. The Morgan fingerprint density at radius 2 is 2.07 bits per heavy atom. The van der Waals surface area contributed by atoms with Crippen molar-refractivity contribution in [3.05, 3.63) is 12.0 Å². The van der Waals surface area contributed by atoms with Crippen LogP contribution in [-0.2, 0) is 14.8 Å². The maximum absolute atomic E-state index is 11.1. The molecular formula is C10H17NO3S. The monoisotopic (exact) mass is 231 g/mol. The first-order valence-electron chi connectivity index (χ1n) is 5.38. The smallest absolute Gasteiger partial charge is 0.233 e. The van der Waals surface area contributed by atoms with Crippen LogP contribution in [-0.4, -0.2) is 27.2 Å². The lowest BCUT2D eigenvalue weighted by molar-refractivity contribution is 0.0360. The summed E-state index contributed by atoms with van der Waals surface area (Å²) in [6, 6.07) is 0. The minimum Gasteiger partial charge on any atom is -0.373 e. The topological polar surface area (TPSA) is 55.4 Å². The highest BCUT2D eigenvalue weighted by Gasteiger charge is 2.37. The molecule has 2 fully saturated rings. The Labute approximate surface area is 90.7 Å². The molecule has 1 saturated heterocycles. The second kappa shape index (κ2) is 4.23. The third kappa shape index (κ3) is 3.03. The molecule has 2 atom stereocenters. The Morgan fingerprint density at radius 1 is 1.33 bits per heavy atom. The van der Waals surface area contributed by atoms with Crippen LogP contribution in [0.1, 0.15) is 25.7 Å². The molecule has 0 aromatic rings. The van der Waals surface area contributed by atoms with Gasteiger partial charge in [0.1, 0.15) is 0 Å². The molecule has 86 valence electrons. The van der Waals surface area contributed by atoms with Crippen molar-refractivity contribution in [2.75, 3.05) is 6.54 Å². The molecule has 1 heterocycles. The summed E-state index contributed by atoms with van der Waals surface area (Å²) in [6.45, 7) is 3.61. The van der Waals surface area contributed by atoms with E-state index in [9.17, 15) is 8.42 Å². The molecule has 2 unspecified atom stereocenters. The van der Waals surface area contributed by atoms with Crippen molar-refractivity contribution in [3.63, 3.8) is 0 Å². The number of sulfonamides is 1. The first-order valence-corrected chi connectivity index (χ1v) is 6.93. The highest BCUT2D eigenvalue weighted by atomic mass is 32.2. The SMILES string of the molecule is C=CS(=O)(=O)NCC1CCC(C2CC2)O1. The van der Waals surface area contributed by atoms with Gasteiger partial charge in [0.2, 0.25) is 10.0 Å². The van der Waals surface area contributed by atoms with E-state index in [0.717, 1.165) is 24.2 Å². The van der Waals surface area contributed by atoms with E-state index >= 15 is 0 Å². The number of hydrogen-bond acceptors (Lipinski definition) is 3. The van der Waals surface area contributed by atoms with Crippen molar-refractivity contribution in [2.45, 2.75) is 37.9 Å². The van der Waals surface area contributed by atoms with E-state index in [-0.39, 0.29) is 6.10 Å². The van der Waals surface area contributed by atoms with Crippen molar-refractivity contribution < 1.29 is 13.2 Å². The highest BCUT2D eigenvalue weighted by Crippen LogP contribution is 2.40. The molecule has 1 aliphatic heterocycles. The van der Waals surface area contributed by atoms with Gasteiger partial charge in [0.25, 0.3) is 0 Å². The Bertz CT molecular complexity index is 335. The maximum atomic E-state index is 11.1. The fourth-order valence-corrected chi connectivity index (χ4v) is 2.50. The van der Waals surface area contributed by atoms with E-state index in [2.05, 4.69) is 11.3 Å². The molecule has 0 amide bonds. The fraction of sp³-hybridized carbons (Fsp3) is 0.800. The zero-order valence-electron chi connectivity index (χ0n) is 8.69. The third-order valence-corrected chi connectivity index (χ3v) is 4.03. The molecular weight excluding hydrogens is 214 g/mol. The standard InChI is InChI=1S/C10H17NO3S/c1-2-15(12,13)11-7-9-5-6-10(14-9)8-3-4-8/h2,8-11H,1,3-7H2. The van der Waals surface area contributed by atoms with Gasteiger partial charge in [-0.3, -0.25) is 0 Å². The quantitative estimate of drug-likeness (QED) is 0.768. The number of ether oxygens (including phenoxy) is 1. The van der Waals surface area contributed by atoms with Crippen molar-refractivity contribution in [1.29, 1.82) is 0 Å². The minimum atomic E-state index is -3.30. The normalized spacial score (nSPS) is 31.7. The molecule has 2 aliphatic rings. The summed E-state index contributed by atoms with van der Waals surface area (Å²) in [5.41, 5.74) is 0. The van der Waals surface area contributed by atoms with Crippen molar-refractivity contribution in [1.82, 2.24) is 4.72 Å². The zero-order valence-corrected chi connectivity index (χ0v) is 9.50. The lowest BCUT2D eigenvalue weighted by Gasteiger charge is -2.13. The van der Waals surface area contributed by atoms with E-state index in [4.69, 9.17) is 4.74 Å². The Hall–Kier alpha value is -0.390. The van der Waals surface area contributed by atoms with E-state index < -0.39 is 10.0 Å². The van der Waals surface area contributed by atoms with Crippen LogP contribution >= 0.6 is 0 Å². The molecule has 5 heteroatoms. The number of hydrogen-bond donors (Lipinski definition) is 1. The van der Waals surface area contributed by atoms with Gasteiger partial charge in [-0.15, -0.1) is 0 Å². The van der Waals surface area contributed by atoms with E-state index in [0.29, 0.717) is 12.6 Å². The first-order chi connectivity index (χ1) is 7.11. The van der Waals surface area contributed by atoms with Crippen LogP contribution in [0, 0.1) is 5.92 Å². The van der Waals surface area contributed by atoms with Crippen LogP contribution < -0.4 is 4.72 Å². The van der Waals surface area contributed by atoms with Crippen molar-refractivity contribution in [2.24, 2.45) is 5.92 Å². The van der Waals surface area contributed by atoms with Crippen LogP contribution in [0.25, 0.3) is 0 Å². The van der Waals surface area contributed by atoms with Gasteiger partial charge < -0.3 is 4.74 Å². The van der Waals surface area contributed by atoms with Crippen LogP contribution in [0.4, 0.5) is 0 Å². The van der Waals surface area contributed by atoms with Crippen molar-refractivity contribution >= 4 is 10.0 Å². The Kier molecular flexibility index (Phi) is 3.13. The van der Waals surface area contributed by atoms with Gasteiger partial charge in [0, 0.05) is 12.0 Å². The lowest BCUT2D eigenvalue weighted by atomic mass is 10.1. The zero-order chi connectivity index (χ0) is 10.9. The van der Waals surface area contributed by atoms with E-state index in [1.165, 1.54) is 12.8 Å². The third-order valence-electron chi connectivity index (χ3n) is 3.02. The summed E-state index contributed by atoms with van der Waals surface area (Å²) in [7, 11) is -3.30. The second-order valence-corrected chi connectivity index (χ2v) is 5.98. The van der Waals surface area contributed by atoms with Crippen LogP contribution in [0.2, 0.25) is 0 Å². The molecule has 4 nitrogen and oxygen atoms in total. The summed E-state index contributed by atoms with van der Waals surface area (Å²) in [5, 5.41) is 0.931. The molecule has 0 aromatic carbocycles. The van der Waals surface area contributed by atoms with Crippen LogP contribution in [0.5, 0.6) is 0 Å².